The number of aromatic hydroxyl groups is 2. The van der Waals surface area contributed by atoms with E-state index >= 15 is 0 Å². The topological polar surface area (TPSA) is 115 Å². The van der Waals surface area contributed by atoms with Gasteiger partial charge in [-0.25, -0.2) is 15.2 Å². The van der Waals surface area contributed by atoms with Crippen molar-refractivity contribution in [3.63, 3.8) is 0 Å². The number of aliphatic imine (C=N–C) groups is 2. The largest absolute Gasteiger partial charge is 0.508 e. The Labute approximate surface area is 206 Å². The molecule has 0 fully saturated rings. The van der Waals surface area contributed by atoms with Gasteiger partial charge in [0.1, 0.15) is 11.5 Å². The number of phenolic OH excluding ortho intramolecular Hbond substituents is 2. The second kappa shape index (κ2) is 8.30. The van der Waals surface area contributed by atoms with Gasteiger partial charge in [-0.3, -0.25) is 9.69 Å². The van der Waals surface area contributed by atoms with E-state index in [0.717, 1.165) is 16.3 Å². The Hall–Kier alpha value is -4.53. The fraction of sp³-hybridized carbons (Fsp3) is 0.107. The molecule has 0 radical (unpaired) electrons. The molecule has 0 saturated heterocycles. The van der Waals surface area contributed by atoms with Crippen LogP contribution in [0.3, 0.4) is 0 Å². The average molecular weight is 479 g/mol. The molecule has 0 aromatic heterocycles. The normalized spacial score (nSPS) is 18.6. The van der Waals surface area contributed by atoms with Crippen LogP contribution in [0.25, 0.3) is 10.8 Å². The Morgan fingerprint density at radius 2 is 1.61 bits per heavy atom. The number of benzene rings is 4. The molecule has 0 unspecified atom stereocenters. The Bertz CT molecular complexity index is 1560. The van der Waals surface area contributed by atoms with Crippen molar-refractivity contribution in [3.05, 3.63) is 96.1 Å². The quantitative estimate of drug-likeness (QED) is 0.282. The molecule has 8 nitrogen and oxygen atoms in total. The molecule has 0 spiro atoms. The van der Waals surface area contributed by atoms with E-state index in [0.29, 0.717) is 34.9 Å². The van der Waals surface area contributed by atoms with Crippen LogP contribution >= 0.6 is 0 Å². The lowest BCUT2D eigenvalue weighted by Crippen LogP contribution is -2.47. The number of anilines is 1. The van der Waals surface area contributed by atoms with Gasteiger partial charge in [-0.15, -0.1) is 0 Å². The van der Waals surface area contributed by atoms with Crippen molar-refractivity contribution in [2.45, 2.75) is 18.6 Å². The summed E-state index contributed by atoms with van der Waals surface area (Å²) in [4.78, 5) is 29.7. The van der Waals surface area contributed by atoms with Crippen molar-refractivity contribution in [2.75, 3.05) is 4.90 Å². The summed E-state index contributed by atoms with van der Waals surface area (Å²) < 4.78 is 0. The van der Waals surface area contributed by atoms with Crippen LogP contribution in [0.15, 0.2) is 94.9 Å². The van der Waals surface area contributed by atoms with Gasteiger partial charge in [-0.1, -0.05) is 48.5 Å². The van der Waals surface area contributed by atoms with Gasteiger partial charge in [-0.05, 0) is 52.9 Å². The molecular weight excluding hydrogens is 458 g/mol. The first-order chi connectivity index (χ1) is 17.5. The van der Waals surface area contributed by atoms with Gasteiger partial charge < -0.3 is 10.2 Å². The van der Waals surface area contributed by atoms with Gasteiger partial charge in [-0.2, -0.15) is 4.89 Å². The highest BCUT2D eigenvalue weighted by Crippen LogP contribution is 2.44. The number of carbonyl (C=O) groups excluding carboxylic acids is 1. The summed E-state index contributed by atoms with van der Waals surface area (Å²) in [5, 5.41) is 31.1. The number of amides is 1. The lowest BCUT2D eigenvalue weighted by atomic mass is 10.00. The summed E-state index contributed by atoms with van der Waals surface area (Å²) in [6.07, 6.45) is 0.357. The van der Waals surface area contributed by atoms with Crippen LogP contribution in [0.5, 0.6) is 11.5 Å². The molecule has 2 aliphatic heterocycles. The van der Waals surface area contributed by atoms with Crippen molar-refractivity contribution < 1.29 is 25.2 Å². The number of fused-ring (bicyclic) bond motifs is 5. The predicted molar refractivity (Wildman–Crippen MR) is 136 cm³/mol. The van der Waals surface area contributed by atoms with Gasteiger partial charge in [0.15, 0.2) is 5.84 Å². The van der Waals surface area contributed by atoms with Crippen molar-refractivity contribution in [1.29, 1.82) is 0 Å². The van der Waals surface area contributed by atoms with Crippen LogP contribution in [0.4, 0.5) is 11.4 Å². The second-order valence-corrected chi connectivity index (χ2v) is 8.85. The third kappa shape index (κ3) is 3.51. The first-order valence-electron chi connectivity index (χ1n) is 11.4. The number of amidine groups is 1. The Balaban J connectivity index is 1.52. The average Bonchev–Trinajstić information content (AvgIpc) is 3.18. The molecule has 6 rings (SSSR count). The summed E-state index contributed by atoms with van der Waals surface area (Å²) in [6, 6.07) is 24.5. The van der Waals surface area contributed by atoms with Gasteiger partial charge in [0.05, 0.1) is 17.1 Å². The predicted octanol–water partition coefficient (Wildman–Crippen LogP) is 4.75. The molecule has 8 heteroatoms. The van der Waals surface area contributed by atoms with Crippen molar-refractivity contribution in [2.24, 2.45) is 9.98 Å². The molecule has 1 atom stereocenters. The fourth-order valence-corrected chi connectivity index (χ4v) is 4.73. The minimum Gasteiger partial charge on any atom is -0.508 e. The zero-order chi connectivity index (χ0) is 24.9. The highest BCUT2D eigenvalue weighted by molar-refractivity contribution is 6.55. The van der Waals surface area contributed by atoms with E-state index < -0.39 is 11.6 Å². The first-order valence-corrected chi connectivity index (χ1v) is 11.4. The Morgan fingerprint density at radius 3 is 2.36 bits per heavy atom. The number of nitrogens with zero attached hydrogens (tertiary/aromatic N) is 3. The number of phenols is 2. The number of hydrogen-bond acceptors (Lipinski definition) is 7. The standard InChI is InChI=1S/C28H21N3O5/c32-20-9-6-18(7-10-20)16-28(36-35)27(34)31-24-13-8-19-15-21(33)11-12-22(19)25(24)29-23(26(31)30-28)14-17-4-2-1-3-5-17/h1-13,15,32-33,35H,14,16H2/t28-/m1/s1. The van der Waals surface area contributed by atoms with E-state index in [-0.39, 0.29) is 17.9 Å². The first kappa shape index (κ1) is 22.0. The third-order valence-electron chi connectivity index (χ3n) is 6.48. The summed E-state index contributed by atoms with van der Waals surface area (Å²) in [7, 11) is 0. The highest BCUT2D eigenvalue weighted by Gasteiger charge is 2.53. The monoisotopic (exact) mass is 479 g/mol. The molecule has 1 amide bonds. The molecule has 178 valence electrons. The maximum atomic E-state index is 13.9. The van der Waals surface area contributed by atoms with Gasteiger partial charge in [0, 0.05) is 18.2 Å². The molecule has 0 saturated carbocycles. The Morgan fingerprint density at radius 1 is 0.861 bits per heavy atom. The molecule has 0 bridgehead atoms. The zero-order valence-corrected chi connectivity index (χ0v) is 19.0. The number of carbonyl (C=O) groups is 1. The third-order valence-corrected chi connectivity index (χ3v) is 6.48. The van der Waals surface area contributed by atoms with E-state index in [9.17, 15) is 20.3 Å². The minimum atomic E-state index is -1.91. The maximum absolute atomic E-state index is 13.9. The highest BCUT2D eigenvalue weighted by atomic mass is 17.1. The van der Waals surface area contributed by atoms with E-state index in [1.165, 1.54) is 17.0 Å². The van der Waals surface area contributed by atoms with E-state index in [1.807, 2.05) is 30.3 Å². The van der Waals surface area contributed by atoms with Crippen LogP contribution in [-0.2, 0) is 22.5 Å². The molecule has 4 aromatic carbocycles. The summed E-state index contributed by atoms with van der Waals surface area (Å²) in [6.45, 7) is 0. The van der Waals surface area contributed by atoms with E-state index in [4.69, 9.17) is 9.88 Å². The lowest BCUT2D eigenvalue weighted by Gasteiger charge is -2.28. The van der Waals surface area contributed by atoms with Gasteiger partial charge in [0.25, 0.3) is 11.6 Å². The molecule has 0 aliphatic carbocycles. The molecule has 4 aromatic rings. The molecular formula is C28H21N3O5. The molecule has 36 heavy (non-hydrogen) atoms. The van der Waals surface area contributed by atoms with Gasteiger partial charge >= 0.3 is 0 Å². The molecule has 3 N–H and O–H groups in total. The van der Waals surface area contributed by atoms with Crippen LogP contribution in [0, 0.1) is 0 Å². The van der Waals surface area contributed by atoms with Crippen molar-refractivity contribution in [3.8, 4) is 11.5 Å². The minimum absolute atomic E-state index is 0.0436. The van der Waals surface area contributed by atoms with Crippen LogP contribution < -0.4 is 4.90 Å². The number of rotatable bonds is 5. The zero-order valence-electron chi connectivity index (χ0n) is 19.0. The van der Waals surface area contributed by atoms with Gasteiger partial charge in [0.2, 0.25) is 0 Å². The molecule has 2 heterocycles. The van der Waals surface area contributed by atoms with Crippen LogP contribution in [-0.4, -0.2) is 38.6 Å². The van der Waals surface area contributed by atoms with E-state index in [1.54, 1.807) is 42.5 Å². The number of hydrogen-bond donors (Lipinski definition) is 3. The maximum Gasteiger partial charge on any atom is 0.291 e. The SMILES string of the molecule is O=C1N2C(=N[C@]1(Cc1ccc(O)cc1)OO)C(Cc1ccccc1)=Nc1c2ccc2cc(O)ccc12. The Kier molecular flexibility index (Phi) is 5.06. The summed E-state index contributed by atoms with van der Waals surface area (Å²) in [5.74, 6) is -0.0219. The smallest absolute Gasteiger partial charge is 0.291 e. The van der Waals surface area contributed by atoms with Crippen molar-refractivity contribution >= 4 is 39.6 Å². The van der Waals surface area contributed by atoms with Crippen LogP contribution in [0.2, 0.25) is 0 Å². The van der Waals surface area contributed by atoms with Crippen molar-refractivity contribution in [1.82, 2.24) is 0 Å². The molecule has 2 aliphatic rings. The van der Waals surface area contributed by atoms with E-state index in [2.05, 4.69) is 4.99 Å². The van der Waals surface area contributed by atoms with Crippen LogP contribution in [0.1, 0.15) is 11.1 Å². The lowest BCUT2D eigenvalue weighted by molar-refractivity contribution is -0.307. The summed E-state index contributed by atoms with van der Waals surface area (Å²) in [5.41, 5.74) is 1.36. The summed E-state index contributed by atoms with van der Waals surface area (Å²) >= 11 is 0. The second-order valence-electron chi connectivity index (χ2n) is 8.85. The fourth-order valence-electron chi connectivity index (χ4n) is 4.73.